The summed E-state index contributed by atoms with van der Waals surface area (Å²) >= 11 is 0. The van der Waals surface area contributed by atoms with E-state index in [0.717, 1.165) is 11.1 Å². The Kier molecular flexibility index (Phi) is 3.39. The molecule has 1 atom stereocenters. The summed E-state index contributed by atoms with van der Waals surface area (Å²) in [6.45, 7) is 0. The fraction of sp³-hybridized carbons (Fsp3) is 0.0526. The van der Waals surface area contributed by atoms with E-state index in [0.29, 0.717) is 11.3 Å². The number of Topliss-reactive ketones (excluding diaryl/α,β-unsaturated/α-hetero) is 1. The lowest BCUT2D eigenvalue weighted by Crippen LogP contribution is -2.32. The molecule has 24 heavy (non-hydrogen) atoms. The van der Waals surface area contributed by atoms with Crippen LogP contribution in [-0.2, 0) is 4.79 Å². The van der Waals surface area contributed by atoms with Gasteiger partial charge in [-0.15, -0.1) is 0 Å². The van der Waals surface area contributed by atoms with Crippen LogP contribution in [-0.4, -0.2) is 21.7 Å². The maximum atomic E-state index is 13.1. The molecule has 0 aliphatic carbocycles. The molecule has 1 unspecified atom stereocenters. The number of benzene rings is 2. The Hall–Kier alpha value is -3.34. The third kappa shape index (κ3) is 2.27. The van der Waals surface area contributed by atoms with Crippen molar-refractivity contribution < 1.29 is 14.3 Å². The minimum Gasteiger partial charge on any atom is -0.425 e. The van der Waals surface area contributed by atoms with E-state index in [-0.39, 0.29) is 11.5 Å². The molecule has 0 radical (unpaired) electrons. The highest BCUT2D eigenvalue weighted by Crippen LogP contribution is 2.38. The van der Waals surface area contributed by atoms with Gasteiger partial charge in [0.25, 0.3) is 0 Å². The molecular weight excluding hydrogens is 304 g/mol. The van der Waals surface area contributed by atoms with Gasteiger partial charge in [0, 0.05) is 6.20 Å². The molecule has 0 N–H and O–H groups in total. The van der Waals surface area contributed by atoms with E-state index in [2.05, 4.69) is 9.97 Å². The largest absolute Gasteiger partial charge is 0.425 e. The lowest BCUT2D eigenvalue weighted by atomic mass is 9.86. The molecular formula is C19H12N2O3. The van der Waals surface area contributed by atoms with Crippen molar-refractivity contribution in [3.05, 3.63) is 78.4 Å². The first-order valence-electron chi connectivity index (χ1n) is 7.46. The number of nitrogens with zero attached hydrogens (tertiary/aromatic N) is 2. The Morgan fingerprint density at radius 1 is 0.917 bits per heavy atom. The van der Waals surface area contributed by atoms with Crippen molar-refractivity contribution in [3.8, 4) is 16.9 Å². The number of carbonyl (C=O) groups excluding carboxylic acids is 2. The fourth-order valence-corrected chi connectivity index (χ4v) is 2.87. The Morgan fingerprint density at radius 2 is 1.75 bits per heavy atom. The van der Waals surface area contributed by atoms with Gasteiger partial charge in [-0.1, -0.05) is 42.5 Å². The minimum absolute atomic E-state index is 0.289. The van der Waals surface area contributed by atoms with Gasteiger partial charge < -0.3 is 4.74 Å². The molecule has 1 aromatic heterocycles. The zero-order valence-corrected chi connectivity index (χ0v) is 12.5. The standard InChI is InChI=1S/C19H12N2O3/c22-18-16-13(12-5-2-1-3-6-12)7-4-8-15(16)24-19(23)17(18)14-9-10-20-11-21-14/h1-11,17H. The van der Waals surface area contributed by atoms with E-state index >= 15 is 0 Å². The van der Waals surface area contributed by atoms with Crippen LogP contribution in [0.4, 0.5) is 0 Å². The molecule has 1 aliphatic rings. The van der Waals surface area contributed by atoms with E-state index in [1.807, 2.05) is 36.4 Å². The van der Waals surface area contributed by atoms with E-state index in [4.69, 9.17) is 4.74 Å². The number of hydrogen-bond acceptors (Lipinski definition) is 5. The Bertz CT molecular complexity index is 924. The average Bonchev–Trinajstić information content (AvgIpc) is 2.63. The molecule has 0 spiro atoms. The molecule has 5 heteroatoms. The van der Waals surface area contributed by atoms with Gasteiger partial charge in [0.05, 0.1) is 11.3 Å². The number of hydrogen-bond donors (Lipinski definition) is 0. The molecule has 0 saturated carbocycles. The van der Waals surface area contributed by atoms with Crippen LogP contribution in [0.5, 0.6) is 5.75 Å². The second-order valence-corrected chi connectivity index (χ2v) is 5.40. The average molecular weight is 316 g/mol. The van der Waals surface area contributed by atoms with Crippen molar-refractivity contribution in [3.63, 3.8) is 0 Å². The Labute approximate surface area is 138 Å². The van der Waals surface area contributed by atoms with Gasteiger partial charge in [-0.2, -0.15) is 0 Å². The van der Waals surface area contributed by atoms with Crippen molar-refractivity contribution >= 4 is 11.8 Å². The van der Waals surface area contributed by atoms with Gasteiger partial charge in [0.15, 0.2) is 11.7 Å². The van der Waals surface area contributed by atoms with Crippen molar-refractivity contribution in [2.75, 3.05) is 0 Å². The molecule has 3 aromatic rings. The minimum atomic E-state index is -1.06. The summed E-state index contributed by atoms with van der Waals surface area (Å²) in [6, 6.07) is 16.3. The first-order valence-corrected chi connectivity index (χ1v) is 7.46. The third-order valence-corrected chi connectivity index (χ3v) is 3.97. The highest BCUT2D eigenvalue weighted by molar-refractivity contribution is 6.19. The number of ketones is 1. The lowest BCUT2D eigenvalue weighted by molar-refractivity contribution is -0.135. The Balaban J connectivity index is 1.88. The number of rotatable bonds is 2. The summed E-state index contributed by atoms with van der Waals surface area (Å²) in [4.78, 5) is 33.2. The van der Waals surface area contributed by atoms with E-state index in [1.54, 1.807) is 18.2 Å². The monoisotopic (exact) mass is 316 g/mol. The van der Waals surface area contributed by atoms with Gasteiger partial charge in [0.2, 0.25) is 0 Å². The van der Waals surface area contributed by atoms with Gasteiger partial charge in [0.1, 0.15) is 12.1 Å². The maximum Gasteiger partial charge on any atom is 0.328 e. The van der Waals surface area contributed by atoms with Gasteiger partial charge in [-0.3, -0.25) is 9.59 Å². The summed E-state index contributed by atoms with van der Waals surface area (Å²) < 4.78 is 5.41. The smallest absolute Gasteiger partial charge is 0.328 e. The van der Waals surface area contributed by atoms with Crippen LogP contribution in [0, 0.1) is 0 Å². The van der Waals surface area contributed by atoms with Crippen LogP contribution >= 0.6 is 0 Å². The van der Waals surface area contributed by atoms with Crippen LogP contribution < -0.4 is 4.74 Å². The zero-order valence-electron chi connectivity index (χ0n) is 12.5. The molecule has 2 aromatic carbocycles. The first-order chi connectivity index (χ1) is 11.8. The molecule has 4 rings (SSSR count). The first kappa shape index (κ1) is 14.3. The second-order valence-electron chi connectivity index (χ2n) is 5.40. The quantitative estimate of drug-likeness (QED) is 0.413. The van der Waals surface area contributed by atoms with Crippen LogP contribution in [0.25, 0.3) is 11.1 Å². The maximum absolute atomic E-state index is 13.1. The predicted octanol–water partition coefficient (Wildman–Crippen LogP) is 3.03. The number of aromatic nitrogens is 2. The number of esters is 1. The predicted molar refractivity (Wildman–Crippen MR) is 86.6 cm³/mol. The van der Waals surface area contributed by atoms with Crippen molar-refractivity contribution in [2.24, 2.45) is 0 Å². The number of ether oxygens (including phenoxy) is 1. The van der Waals surface area contributed by atoms with Crippen molar-refractivity contribution in [1.82, 2.24) is 9.97 Å². The van der Waals surface area contributed by atoms with Gasteiger partial charge in [-0.05, 0) is 23.3 Å². The number of fused-ring (bicyclic) bond motifs is 1. The molecule has 2 heterocycles. The normalized spacial score (nSPS) is 16.4. The molecule has 0 fully saturated rings. The molecule has 0 saturated heterocycles. The van der Waals surface area contributed by atoms with Crippen LogP contribution in [0.2, 0.25) is 0 Å². The summed E-state index contributed by atoms with van der Waals surface area (Å²) in [5.74, 6) is -1.70. The Morgan fingerprint density at radius 3 is 2.50 bits per heavy atom. The fourth-order valence-electron chi connectivity index (χ4n) is 2.87. The van der Waals surface area contributed by atoms with Crippen LogP contribution in [0.1, 0.15) is 22.0 Å². The van der Waals surface area contributed by atoms with E-state index < -0.39 is 11.9 Å². The highest BCUT2D eigenvalue weighted by atomic mass is 16.5. The molecule has 5 nitrogen and oxygen atoms in total. The van der Waals surface area contributed by atoms with Crippen molar-refractivity contribution in [1.29, 1.82) is 0 Å². The van der Waals surface area contributed by atoms with E-state index in [9.17, 15) is 9.59 Å². The van der Waals surface area contributed by atoms with Crippen LogP contribution in [0.15, 0.2) is 67.1 Å². The van der Waals surface area contributed by atoms with E-state index in [1.165, 1.54) is 12.5 Å². The van der Waals surface area contributed by atoms with Crippen molar-refractivity contribution in [2.45, 2.75) is 5.92 Å². The van der Waals surface area contributed by atoms with Gasteiger partial charge >= 0.3 is 5.97 Å². The molecule has 116 valence electrons. The van der Waals surface area contributed by atoms with Gasteiger partial charge in [-0.25, -0.2) is 9.97 Å². The summed E-state index contributed by atoms with van der Waals surface area (Å²) in [5, 5.41) is 0. The second kappa shape index (κ2) is 5.70. The summed E-state index contributed by atoms with van der Waals surface area (Å²) in [7, 11) is 0. The third-order valence-electron chi connectivity index (χ3n) is 3.97. The van der Waals surface area contributed by atoms with Crippen LogP contribution in [0.3, 0.4) is 0 Å². The highest BCUT2D eigenvalue weighted by Gasteiger charge is 2.40. The SMILES string of the molecule is O=C1Oc2cccc(-c3ccccc3)c2C(=O)C1c1ccncn1. The summed E-state index contributed by atoms with van der Waals surface area (Å²) in [5.41, 5.74) is 2.38. The summed E-state index contributed by atoms with van der Waals surface area (Å²) in [6.07, 6.45) is 2.82. The zero-order chi connectivity index (χ0) is 16.5. The lowest BCUT2D eigenvalue weighted by Gasteiger charge is -2.23. The number of carbonyl (C=O) groups is 2. The molecule has 0 amide bonds. The molecule has 1 aliphatic heterocycles. The topological polar surface area (TPSA) is 69.2 Å². The molecule has 0 bridgehead atoms.